The van der Waals surface area contributed by atoms with Gasteiger partial charge in [0.05, 0.1) is 0 Å². The summed E-state index contributed by atoms with van der Waals surface area (Å²) in [4.78, 5) is 33.5. The Morgan fingerprint density at radius 1 is 1.12 bits per heavy atom. The van der Waals surface area contributed by atoms with Gasteiger partial charge in [0.15, 0.2) is 11.5 Å². The maximum Gasteiger partial charge on any atom is 0.273 e. The molecule has 0 aliphatic heterocycles. The number of carbonyl (C=O) groups is 2. The van der Waals surface area contributed by atoms with Crippen LogP contribution in [0.2, 0.25) is 0 Å². The average Bonchev–Trinajstić information content (AvgIpc) is 2.55. The number of aromatic nitrogens is 2. The number of rotatable bonds is 3. The van der Waals surface area contributed by atoms with Crippen molar-refractivity contribution in [2.24, 2.45) is 23.0 Å². The second kappa shape index (κ2) is 7.31. The number of carbonyl (C=O) groups excluding carboxylic acids is 2. The molecule has 7 nitrogen and oxygen atoms in total. The van der Waals surface area contributed by atoms with Crippen LogP contribution >= 0.6 is 0 Å². The molecule has 2 amide bonds. The maximum absolute atomic E-state index is 12.9. The van der Waals surface area contributed by atoms with Gasteiger partial charge in [-0.1, -0.05) is 27.2 Å². The Balaban J connectivity index is 1.75. The third-order valence-electron chi connectivity index (χ3n) is 5.50. The van der Waals surface area contributed by atoms with Crippen molar-refractivity contribution in [3.8, 4) is 0 Å². The van der Waals surface area contributed by atoms with Gasteiger partial charge in [-0.2, -0.15) is 0 Å². The fourth-order valence-electron chi connectivity index (χ4n) is 4.14. The minimum atomic E-state index is -0.582. The number of nitrogens with one attached hydrogen (secondary N) is 2. The van der Waals surface area contributed by atoms with Crippen molar-refractivity contribution in [3.05, 3.63) is 18.1 Å². The number of hydrogen-bond donors (Lipinski definition) is 3. The number of amides is 2. The zero-order valence-electron chi connectivity index (χ0n) is 15.8. The summed E-state index contributed by atoms with van der Waals surface area (Å²) in [5, 5.41) is 5.89. The van der Waals surface area contributed by atoms with Crippen LogP contribution in [0.15, 0.2) is 12.4 Å². The highest BCUT2D eigenvalue weighted by atomic mass is 16.2. The van der Waals surface area contributed by atoms with Gasteiger partial charge in [-0.3, -0.25) is 9.59 Å². The number of nitrogens with zero attached hydrogens (tertiary/aromatic N) is 2. The van der Waals surface area contributed by atoms with Gasteiger partial charge in [-0.15, -0.1) is 0 Å². The van der Waals surface area contributed by atoms with Crippen LogP contribution in [0.4, 0.5) is 5.82 Å². The van der Waals surface area contributed by atoms with Crippen LogP contribution in [-0.4, -0.2) is 33.9 Å². The summed E-state index contributed by atoms with van der Waals surface area (Å²) in [6.07, 6.45) is 8.26. The van der Waals surface area contributed by atoms with E-state index in [0.717, 1.165) is 25.7 Å². The first-order valence-corrected chi connectivity index (χ1v) is 9.44. The van der Waals surface area contributed by atoms with Crippen LogP contribution in [0.25, 0.3) is 0 Å². The Morgan fingerprint density at radius 3 is 2.35 bits per heavy atom. The lowest BCUT2D eigenvalue weighted by Crippen LogP contribution is -2.53. The zero-order valence-corrected chi connectivity index (χ0v) is 15.8. The molecule has 4 N–H and O–H groups in total. The molecule has 0 saturated heterocycles. The van der Waals surface area contributed by atoms with Crippen molar-refractivity contribution in [2.75, 3.05) is 5.32 Å². The van der Waals surface area contributed by atoms with E-state index in [4.69, 9.17) is 5.73 Å². The van der Waals surface area contributed by atoms with Gasteiger partial charge in [0.25, 0.3) is 5.91 Å². The smallest absolute Gasteiger partial charge is 0.273 e. The Hall–Kier alpha value is -2.02. The van der Waals surface area contributed by atoms with Crippen molar-refractivity contribution < 1.29 is 9.59 Å². The highest BCUT2D eigenvalue weighted by Gasteiger charge is 2.40. The maximum atomic E-state index is 12.9. The molecule has 3 rings (SSSR count). The minimum Gasteiger partial charge on any atom is -0.347 e. The molecule has 2 aliphatic rings. The minimum absolute atomic E-state index is 0.129. The van der Waals surface area contributed by atoms with Crippen LogP contribution in [0, 0.1) is 17.3 Å². The first kappa shape index (κ1) is 18.8. The van der Waals surface area contributed by atoms with Gasteiger partial charge in [-0.05, 0) is 37.5 Å². The van der Waals surface area contributed by atoms with E-state index in [9.17, 15) is 9.59 Å². The lowest BCUT2D eigenvalue weighted by Gasteiger charge is -2.45. The molecule has 2 bridgehead atoms. The summed E-state index contributed by atoms with van der Waals surface area (Å²) in [5.41, 5.74) is 5.75. The van der Waals surface area contributed by atoms with Gasteiger partial charge in [-0.25, -0.2) is 9.97 Å². The van der Waals surface area contributed by atoms with Gasteiger partial charge < -0.3 is 16.4 Å². The van der Waals surface area contributed by atoms with Crippen molar-refractivity contribution in [2.45, 2.75) is 65.0 Å². The fraction of sp³-hybridized carbons (Fsp3) is 0.684. The zero-order chi connectivity index (χ0) is 18.9. The van der Waals surface area contributed by atoms with E-state index in [0.29, 0.717) is 11.8 Å². The quantitative estimate of drug-likeness (QED) is 0.765. The monoisotopic (exact) mass is 359 g/mol. The molecule has 2 aliphatic carbocycles. The molecule has 0 radical (unpaired) electrons. The molecule has 26 heavy (non-hydrogen) atoms. The molecule has 1 aromatic heterocycles. The molecule has 7 heteroatoms. The van der Waals surface area contributed by atoms with Crippen molar-refractivity contribution in [1.29, 1.82) is 0 Å². The molecule has 2 saturated carbocycles. The van der Waals surface area contributed by atoms with Crippen LogP contribution < -0.4 is 16.4 Å². The normalized spacial score (nSPS) is 28.3. The molecule has 2 unspecified atom stereocenters. The van der Waals surface area contributed by atoms with E-state index in [-0.39, 0.29) is 35.4 Å². The Kier molecular flexibility index (Phi) is 5.27. The first-order chi connectivity index (χ1) is 12.3. The molecule has 2 atom stereocenters. The highest BCUT2D eigenvalue weighted by Crippen LogP contribution is 2.39. The van der Waals surface area contributed by atoms with E-state index in [2.05, 4.69) is 20.6 Å². The molecular formula is C19H29N5O2. The molecule has 0 aromatic carbocycles. The largest absolute Gasteiger partial charge is 0.347 e. The molecular weight excluding hydrogens is 330 g/mol. The Morgan fingerprint density at radius 2 is 1.73 bits per heavy atom. The summed E-state index contributed by atoms with van der Waals surface area (Å²) in [5.74, 6) is 0.575. The topological polar surface area (TPSA) is 110 Å². The predicted octanol–water partition coefficient (Wildman–Crippen LogP) is 2.10. The van der Waals surface area contributed by atoms with E-state index in [1.54, 1.807) is 0 Å². The van der Waals surface area contributed by atoms with Crippen molar-refractivity contribution >= 4 is 17.6 Å². The SMILES string of the molecule is CC(C)(C)C(=O)Nc1nccnc1C(=O)NC1C2CCCC1CC(N)C2. The molecule has 1 heterocycles. The summed E-state index contributed by atoms with van der Waals surface area (Å²) >= 11 is 0. The van der Waals surface area contributed by atoms with Gasteiger partial charge in [0.1, 0.15) is 0 Å². The molecule has 2 fully saturated rings. The van der Waals surface area contributed by atoms with E-state index >= 15 is 0 Å². The van der Waals surface area contributed by atoms with E-state index in [1.165, 1.54) is 18.8 Å². The van der Waals surface area contributed by atoms with Crippen LogP contribution in [-0.2, 0) is 4.79 Å². The standard InChI is InChI=1S/C19H29N5O2/c1-19(2,3)18(26)24-16-15(21-7-8-22-16)17(25)23-14-11-5-4-6-12(14)10-13(20)9-11/h7-8,11-14H,4-6,9-10,20H2,1-3H3,(H,23,25)(H,22,24,26). The van der Waals surface area contributed by atoms with Gasteiger partial charge in [0.2, 0.25) is 5.91 Å². The average molecular weight is 359 g/mol. The third kappa shape index (κ3) is 4.03. The van der Waals surface area contributed by atoms with Gasteiger partial charge in [0, 0.05) is 29.9 Å². The summed E-state index contributed by atoms with van der Waals surface area (Å²) < 4.78 is 0. The van der Waals surface area contributed by atoms with Crippen LogP contribution in [0.5, 0.6) is 0 Å². The molecule has 142 valence electrons. The summed E-state index contributed by atoms with van der Waals surface area (Å²) in [6, 6.07) is 0.362. The number of fused-ring (bicyclic) bond motifs is 2. The van der Waals surface area contributed by atoms with E-state index in [1.807, 2.05) is 20.8 Å². The van der Waals surface area contributed by atoms with Crippen LogP contribution in [0.3, 0.4) is 0 Å². The third-order valence-corrected chi connectivity index (χ3v) is 5.50. The molecule has 1 aromatic rings. The van der Waals surface area contributed by atoms with Crippen molar-refractivity contribution in [1.82, 2.24) is 15.3 Å². The van der Waals surface area contributed by atoms with Crippen molar-refractivity contribution in [3.63, 3.8) is 0 Å². The second-order valence-corrected chi connectivity index (χ2v) is 8.64. The Bertz CT molecular complexity index is 671. The van der Waals surface area contributed by atoms with Gasteiger partial charge >= 0.3 is 0 Å². The second-order valence-electron chi connectivity index (χ2n) is 8.64. The highest BCUT2D eigenvalue weighted by molar-refractivity contribution is 6.02. The fourth-order valence-corrected chi connectivity index (χ4v) is 4.14. The Labute approximate surface area is 154 Å². The number of anilines is 1. The lowest BCUT2D eigenvalue weighted by atomic mass is 9.67. The van der Waals surface area contributed by atoms with Crippen LogP contribution in [0.1, 0.15) is 63.4 Å². The molecule has 0 spiro atoms. The number of nitrogens with two attached hydrogens (primary N) is 1. The summed E-state index contributed by atoms with van der Waals surface area (Å²) in [7, 11) is 0. The summed E-state index contributed by atoms with van der Waals surface area (Å²) in [6.45, 7) is 5.43. The van der Waals surface area contributed by atoms with E-state index < -0.39 is 5.41 Å². The predicted molar refractivity (Wildman–Crippen MR) is 99.4 cm³/mol. The lowest BCUT2D eigenvalue weighted by molar-refractivity contribution is -0.123. The number of hydrogen-bond acceptors (Lipinski definition) is 5. The first-order valence-electron chi connectivity index (χ1n) is 9.44.